The van der Waals surface area contributed by atoms with Crippen molar-refractivity contribution in [2.75, 3.05) is 36.8 Å². The summed E-state index contributed by atoms with van der Waals surface area (Å²) in [5.74, 6) is 0.413. The molecule has 3 aromatic heterocycles. The van der Waals surface area contributed by atoms with Gasteiger partial charge in [0.2, 0.25) is 0 Å². The largest absolute Gasteiger partial charge is 0.325 e. The van der Waals surface area contributed by atoms with Gasteiger partial charge in [0.15, 0.2) is 10.9 Å². The molecule has 5 rings (SSSR count). The number of hydrogen-bond acceptors (Lipinski definition) is 7. The van der Waals surface area contributed by atoms with Gasteiger partial charge in [-0.25, -0.2) is 9.78 Å². The number of rotatable bonds is 7. The third kappa shape index (κ3) is 4.63. The quantitative estimate of drug-likeness (QED) is 0.344. The zero-order valence-electron chi connectivity index (χ0n) is 20.5. The molecule has 0 radical (unpaired) electrons. The maximum Gasteiger partial charge on any atom is 0.320 e. The summed E-state index contributed by atoms with van der Waals surface area (Å²) in [5.41, 5.74) is 2.55. The highest BCUT2D eigenvalue weighted by Gasteiger charge is 2.30. The molecular weight excluding hydrogens is 478 g/mol. The van der Waals surface area contributed by atoms with Crippen molar-refractivity contribution in [3.63, 3.8) is 0 Å². The zero-order valence-corrected chi connectivity index (χ0v) is 21.3. The van der Waals surface area contributed by atoms with E-state index in [-0.39, 0.29) is 18.0 Å². The Morgan fingerprint density at radius 3 is 2.86 bits per heavy atom. The molecule has 1 aliphatic rings. The van der Waals surface area contributed by atoms with Gasteiger partial charge in [-0.1, -0.05) is 17.4 Å². The van der Waals surface area contributed by atoms with Gasteiger partial charge in [0.05, 0.1) is 29.6 Å². The van der Waals surface area contributed by atoms with Crippen molar-refractivity contribution in [1.82, 2.24) is 34.8 Å². The second-order valence-electron chi connectivity index (χ2n) is 8.72. The molecule has 0 spiro atoms. The van der Waals surface area contributed by atoms with Gasteiger partial charge in [-0.2, -0.15) is 10.2 Å². The summed E-state index contributed by atoms with van der Waals surface area (Å²) in [6.07, 6.45) is 6.03. The number of H-pyrrole nitrogens is 1. The maximum absolute atomic E-state index is 12.9. The third-order valence-electron chi connectivity index (χ3n) is 6.49. The molecule has 0 aliphatic carbocycles. The number of anilines is 3. The number of urea groups is 1. The second-order valence-corrected chi connectivity index (χ2v) is 9.75. The summed E-state index contributed by atoms with van der Waals surface area (Å²) in [5, 5.41) is 19.2. The molecule has 0 saturated carbocycles. The molecule has 3 amide bonds. The van der Waals surface area contributed by atoms with Crippen LogP contribution in [-0.2, 0) is 0 Å². The SMILES string of the molecule is CCN(CC)C(=O)N1CC[C@@H](n2ccc(Nc3ncc(C(=O)Nc4c(C)ccc5[nH]ncc45)s3)n2)C1. The van der Waals surface area contributed by atoms with Gasteiger partial charge >= 0.3 is 6.03 Å². The zero-order chi connectivity index (χ0) is 25.2. The number of carbonyl (C=O) groups is 2. The van der Waals surface area contributed by atoms with Crippen LogP contribution in [0.3, 0.4) is 0 Å². The maximum atomic E-state index is 12.9. The second kappa shape index (κ2) is 9.97. The number of aryl methyl sites for hydroxylation is 1. The Balaban J connectivity index is 1.21. The number of benzene rings is 1. The van der Waals surface area contributed by atoms with Crippen molar-refractivity contribution < 1.29 is 9.59 Å². The number of nitrogens with zero attached hydrogens (tertiary/aromatic N) is 6. The average molecular weight is 508 g/mol. The molecule has 4 aromatic rings. The fourth-order valence-corrected chi connectivity index (χ4v) is 5.17. The lowest BCUT2D eigenvalue weighted by Gasteiger charge is -2.25. The first-order chi connectivity index (χ1) is 17.5. The minimum atomic E-state index is -0.230. The molecule has 1 saturated heterocycles. The lowest BCUT2D eigenvalue weighted by molar-refractivity contribution is 0.103. The first kappa shape index (κ1) is 23.8. The van der Waals surface area contributed by atoms with Gasteiger partial charge in [-0.3, -0.25) is 14.6 Å². The highest BCUT2D eigenvalue weighted by Crippen LogP contribution is 2.29. The van der Waals surface area contributed by atoms with Crippen LogP contribution in [0, 0.1) is 6.92 Å². The van der Waals surface area contributed by atoms with Crippen LogP contribution >= 0.6 is 11.3 Å². The molecule has 0 bridgehead atoms. The van der Waals surface area contributed by atoms with E-state index in [1.165, 1.54) is 11.3 Å². The van der Waals surface area contributed by atoms with Crippen LogP contribution in [-0.4, -0.2) is 72.9 Å². The van der Waals surface area contributed by atoms with Crippen LogP contribution in [0.5, 0.6) is 0 Å². The minimum absolute atomic E-state index is 0.0841. The van der Waals surface area contributed by atoms with Crippen LogP contribution in [0.1, 0.15) is 41.5 Å². The monoisotopic (exact) mass is 507 g/mol. The van der Waals surface area contributed by atoms with Crippen molar-refractivity contribution in [2.45, 2.75) is 33.2 Å². The molecule has 1 atom stereocenters. The van der Waals surface area contributed by atoms with Crippen molar-refractivity contribution >= 4 is 50.8 Å². The van der Waals surface area contributed by atoms with Crippen LogP contribution in [0.2, 0.25) is 0 Å². The molecule has 4 heterocycles. The lowest BCUT2D eigenvalue weighted by Crippen LogP contribution is -2.42. The predicted molar refractivity (Wildman–Crippen MR) is 140 cm³/mol. The summed E-state index contributed by atoms with van der Waals surface area (Å²) >= 11 is 1.26. The summed E-state index contributed by atoms with van der Waals surface area (Å²) in [6, 6.07) is 5.97. The van der Waals surface area contributed by atoms with E-state index in [4.69, 9.17) is 0 Å². The first-order valence-corrected chi connectivity index (χ1v) is 12.8. The minimum Gasteiger partial charge on any atom is -0.325 e. The van der Waals surface area contributed by atoms with Crippen LogP contribution in [0.25, 0.3) is 10.9 Å². The van der Waals surface area contributed by atoms with Crippen molar-refractivity contribution in [3.05, 3.63) is 47.2 Å². The first-order valence-electron chi connectivity index (χ1n) is 12.0. The van der Waals surface area contributed by atoms with Crippen molar-refractivity contribution in [1.29, 1.82) is 0 Å². The van der Waals surface area contributed by atoms with Crippen LogP contribution in [0.4, 0.5) is 21.4 Å². The Kier molecular flexibility index (Phi) is 6.59. The molecule has 1 aliphatic heterocycles. The predicted octanol–water partition coefficient (Wildman–Crippen LogP) is 4.23. The Bertz CT molecular complexity index is 1390. The van der Waals surface area contributed by atoms with E-state index in [2.05, 4.69) is 30.9 Å². The number of hydrogen-bond donors (Lipinski definition) is 3. The van der Waals surface area contributed by atoms with E-state index in [1.807, 2.05) is 59.6 Å². The van der Waals surface area contributed by atoms with Crippen molar-refractivity contribution in [3.8, 4) is 0 Å². The molecule has 11 nitrogen and oxygen atoms in total. The number of carbonyl (C=O) groups excluding carboxylic acids is 2. The molecule has 3 N–H and O–H groups in total. The third-order valence-corrected chi connectivity index (χ3v) is 7.40. The van der Waals surface area contributed by atoms with Gasteiger partial charge in [-0.15, -0.1) is 0 Å². The molecular formula is C24H29N9O2S. The highest BCUT2D eigenvalue weighted by atomic mass is 32.1. The van der Waals surface area contributed by atoms with Crippen molar-refractivity contribution in [2.24, 2.45) is 0 Å². The van der Waals surface area contributed by atoms with Gasteiger partial charge in [0, 0.05) is 43.8 Å². The van der Waals surface area contributed by atoms with Gasteiger partial charge in [0.1, 0.15) is 4.88 Å². The number of thiazole rings is 1. The molecule has 1 fully saturated rings. The number of aromatic nitrogens is 5. The number of amides is 3. The average Bonchev–Trinajstić information content (AvgIpc) is 3.68. The van der Waals surface area contributed by atoms with Gasteiger partial charge in [-0.05, 0) is 38.8 Å². The number of likely N-dealkylation sites (tertiary alicyclic amines) is 1. The molecule has 1 aromatic carbocycles. The Labute approximate surface area is 212 Å². The highest BCUT2D eigenvalue weighted by molar-refractivity contribution is 7.17. The van der Waals surface area contributed by atoms with E-state index in [1.54, 1.807) is 12.4 Å². The Hall–Kier alpha value is -3.93. The van der Waals surface area contributed by atoms with E-state index in [0.29, 0.717) is 35.5 Å². The summed E-state index contributed by atoms with van der Waals surface area (Å²) in [4.78, 5) is 34.1. The summed E-state index contributed by atoms with van der Waals surface area (Å²) in [6.45, 7) is 8.71. The Morgan fingerprint density at radius 1 is 1.22 bits per heavy atom. The van der Waals surface area contributed by atoms with E-state index in [9.17, 15) is 9.59 Å². The summed E-state index contributed by atoms with van der Waals surface area (Å²) in [7, 11) is 0. The molecule has 0 unspecified atom stereocenters. The summed E-state index contributed by atoms with van der Waals surface area (Å²) < 4.78 is 1.90. The smallest absolute Gasteiger partial charge is 0.320 e. The fraction of sp³-hybridized carbons (Fsp3) is 0.375. The van der Waals surface area contributed by atoms with Crippen LogP contribution in [0.15, 0.2) is 36.8 Å². The number of fused-ring (bicyclic) bond motifs is 1. The molecule has 12 heteroatoms. The van der Waals surface area contributed by atoms with E-state index < -0.39 is 0 Å². The van der Waals surface area contributed by atoms with Gasteiger partial charge < -0.3 is 20.4 Å². The number of nitrogens with one attached hydrogen (secondary N) is 3. The number of aromatic amines is 1. The van der Waals surface area contributed by atoms with E-state index in [0.717, 1.165) is 35.1 Å². The van der Waals surface area contributed by atoms with Crippen LogP contribution < -0.4 is 10.6 Å². The molecule has 36 heavy (non-hydrogen) atoms. The molecule has 188 valence electrons. The lowest BCUT2D eigenvalue weighted by atomic mass is 10.1. The normalized spacial score (nSPS) is 15.4. The van der Waals surface area contributed by atoms with Gasteiger partial charge in [0.25, 0.3) is 5.91 Å². The fourth-order valence-electron chi connectivity index (χ4n) is 4.45. The topological polar surface area (TPSA) is 124 Å². The Morgan fingerprint density at radius 2 is 2.06 bits per heavy atom. The standard InChI is InChI=1S/C24H29N9O2S/c1-4-31(5-2)24(35)32-10-8-16(14-32)33-11-9-20(30-33)27-23-25-13-19(36-23)22(34)28-21-15(3)6-7-18-17(21)12-26-29-18/h6-7,9,11-13,16H,4-5,8,10,14H2,1-3H3,(H,26,29)(H,28,34)(H,25,27,30)/t16-/m1/s1. The van der Waals surface area contributed by atoms with E-state index >= 15 is 0 Å².